The molecule has 1 aromatic carbocycles. The predicted molar refractivity (Wildman–Crippen MR) is 111 cm³/mol. The minimum atomic E-state index is -4.69. The minimum Gasteiger partial charge on any atom is -0.290 e. The van der Waals surface area contributed by atoms with E-state index in [9.17, 15) is 26.7 Å². The quantitative estimate of drug-likeness (QED) is 0.299. The van der Waals surface area contributed by atoms with E-state index in [1.807, 2.05) is 0 Å². The molecule has 0 radical (unpaired) electrons. The number of alkyl halides is 3. The zero-order valence-corrected chi connectivity index (χ0v) is 17.5. The van der Waals surface area contributed by atoms with Crippen LogP contribution in [0.1, 0.15) is 5.56 Å². The van der Waals surface area contributed by atoms with Crippen molar-refractivity contribution in [2.24, 2.45) is 0 Å². The number of imidazole rings is 1. The van der Waals surface area contributed by atoms with Gasteiger partial charge in [-0.1, -0.05) is 29.8 Å². The topological polar surface area (TPSA) is 94.3 Å². The number of fused-ring (bicyclic) bond motifs is 2. The van der Waals surface area contributed by atoms with Crippen LogP contribution in [0.2, 0.25) is 5.15 Å². The van der Waals surface area contributed by atoms with Crippen molar-refractivity contribution < 1.29 is 22.0 Å². The molecule has 0 bridgehead atoms. The Hall–Kier alpha value is -3.87. The van der Waals surface area contributed by atoms with E-state index >= 15 is 0 Å². The first-order chi connectivity index (χ1) is 16.1. The molecule has 0 aliphatic carbocycles. The summed E-state index contributed by atoms with van der Waals surface area (Å²) in [7, 11) is 0. The van der Waals surface area contributed by atoms with Crippen LogP contribution in [0, 0.1) is 11.6 Å². The molecule has 4 aromatic heterocycles. The van der Waals surface area contributed by atoms with Crippen molar-refractivity contribution in [1.29, 1.82) is 0 Å². The average Bonchev–Trinajstić information content (AvgIpc) is 3.26. The Labute approximate surface area is 190 Å². The summed E-state index contributed by atoms with van der Waals surface area (Å²) >= 11 is 6.13. The molecule has 0 saturated carbocycles. The van der Waals surface area contributed by atoms with Crippen molar-refractivity contribution in [3.63, 3.8) is 0 Å². The highest BCUT2D eigenvalue weighted by Crippen LogP contribution is 2.30. The van der Waals surface area contributed by atoms with E-state index in [1.54, 1.807) is 12.1 Å². The Bertz CT molecular complexity index is 1620. The lowest BCUT2D eigenvalue weighted by Gasteiger charge is -2.08. The standard InChI is InChI=1S/C20H11ClF5N7O/c21-15-14-17(30-19(34)32(14)8-20(24,25)26)29-16(28-15)13-11-5-10(22)6-27-18(11)33(31-13)7-9-3-1-2-4-12(9)23/h1-6H,7-8H2,(H,28,29,30,34). The monoisotopic (exact) mass is 495 g/mol. The molecule has 0 fully saturated rings. The van der Waals surface area contributed by atoms with Crippen molar-refractivity contribution in [1.82, 2.24) is 34.3 Å². The third-order valence-corrected chi connectivity index (χ3v) is 5.23. The number of H-pyrrole nitrogens is 1. The van der Waals surface area contributed by atoms with Crippen LogP contribution < -0.4 is 5.69 Å². The second kappa shape index (κ2) is 7.87. The number of nitrogens with one attached hydrogen (secondary N) is 1. The first-order valence-electron chi connectivity index (χ1n) is 9.59. The summed E-state index contributed by atoms with van der Waals surface area (Å²) in [5, 5.41) is 4.05. The number of benzene rings is 1. The fourth-order valence-corrected chi connectivity index (χ4v) is 3.83. The summed E-state index contributed by atoms with van der Waals surface area (Å²) in [6.45, 7) is -1.65. The lowest BCUT2D eigenvalue weighted by atomic mass is 10.2. The molecule has 0 unspecified atom stereocenters. The summed E-state index contributed by atoms with van der Waals surface area (Å²) in [5.41, 5.74) is -1.22. The molecule has 5 rings (SSSR count). The fourth-order valence-electron chi connectivity index (χ4n) is 3.56. The van der Waals surface area contributed by atoms with Crippen LogP contribution in [0.3, 0.4) is 0 Å². The molecule has 4 heterocycles. The van der Waals surface area contributed by atoms with Crippen molar-refractivity contribution in [3.8, 4) is 11.5 Å². The number of aromatic amines is 1. The van der Waals surface area contributed by atoms with Gasteiger partial charge in [0.1, 0.15) is 29.4 Å². The second-order valence-electron chi connectivity index (χ2n) is 7.29. The Morgan fingerprint density at radius 1 is 1.12 bits per heavy atom. The highest BCUT2D eigenvalue weighted by Gasteiger charge is 2.31. The first-order valence-corrected chi connectivity index (χ1v) is 9.97. The van der Waals surface area contributed by atoms with Gasteiger partial charge < -0.3 is 0 Å². The van der Waals surface area contributed by atoms with Gasteiger partial charge in [-0.25, -0.2) is 33.2 Å². The zero-order chi connectivity index (χ0) is 24.2. The largest absolute Gasteiger partial charge is 0.406 e. The molecule has 34 heavy (non-hydrogen) atoms. The highest BCUT2D eigenvalue weighted by atomic mass is 35.5. The summed E-state index contributed by atoms with van der Waals surface area (Å²) in [6, 6.07) is 7.08. The number of hydrogen-bond acceptors (Lipinski definition) is 5. The minimum absolute atomic E-state index is 0.00782. The van der Waals surface area contributed by atoms with Crippen LogP contribution in [-0.2, 0) is 13.1 Å². The zero-order valence-electron chi connectivity index (χ0n) is 16.7. The van der Waals surface area contributed by atoms with Gasteiger partial charge in [-0.05, 0) is 12.1 Å². The van der Waals surface area contributed by atoms with Gasteiger partial charge in [0.05, 0.1) is 18.1 Å². The van der Waals surface area contributed by atoms with E-state index in [4.69, 9.17) is 11.6 Å². The number of halogens is 6. The average molecular weight is 496 g/mol. The lowest BCUT2D eigenvalue weighted by Crippen LogP contribution is -2.26. The van der Waals surface area contributed by atoms with Crippen LogP contribution in [0.25, 0.3) is 33.7 Å². The molecule has 14 heteroatoms. The molecule has 5 aromatic rings. The van der Waals surface area contributed by atoms with Crippen molar-refractivity contribution >= 4 is 33.8 Å². The third-order valence-electron chi connectivity index (χ3n) is 4.96. The van der Waals surface area contributed by atoms with E-state index in [1.165, 1.54) is 16.8 Å². The smallest absolute Gasteiger partial charge is 0.290 e. The highest BCUT2D eigenvalue weighted by molar-refractivity contribution is 6.33. The molecule has 8 nitrogen and oxygen atoms in total. The fraction of sp³-hybridized carbons (Fsp3) is 0.150. The molecule has 0 aliphatic heterocycles. The van der Waals surface area contributed by atoms with Gasteiger partial charge >= 0.3 is 11.9 Å². The lowest BCUT2D eigenvalue weighted by molar-refractivity contribution is -0.140. The van der Waals surface area contributed by atoms with Gasteiger partial charge in [-0.2, -0.15) is 18.3 Å². The van der Waals surface area contributed by atoms with Gasteiger partial charge in [-0.3, -0.25) is 9.55 Å². The number of pyridine rings is 1. The van der Waals surface area contributed by atoms with E-state index in [-0.39, 0.29) is 45.8 Å². The van der Waals surface area contributed by atoms with Crippen LogP contribution in [0.15, 0.2) is 41.3 Å². The van der Waals surface area contributed by atoms with Gasteiger partial charge in [0, 0.05) is 5.56 Å². The van der Waals surface area contributed by atoms with Crippen LogP contribution in [0.5, 0.6) is 0 Å². The number of rotatable bonds is 4. The van der Waals surface area contributed by atoms with Gasteiger partial charge in [0.2, 0.25) is 0 Å². The second-order valence-corrected chi connectivity index (χ2v) is 7.65. The van der Waals surface area contributed by atoms with E-state index < -0.39 is 35.2 Å². The first kappa shape index (κ1) is 21.9. The maximum Gasteiger partial charge on any atom is 0.406 e. The van der Waals surface area contributed by atoms with Crippen molar-refractivity contribution in [2.45, 2.75) is 19.3 Å². The molecule has 1 N–H and O–H groups in total. The van der Waals surface area contributed by atoms with Crippen LogP contribution in [0.4, 0.5) is 22.0 Å². The molecule has 0 aliphatic rings. The normalized spacial score (nSPS) is 12.2. The summed E-state index contributed by atoms with van der Waals surface area (Å²) in [5.74, 6) is -1.38. The summed E-state index contributed by atoms with van der Waals surface area (Å²) in [4.78, 5) is 26.4. The Balaban J connectivity index is 1.68. The molecule has 0 spiro atoms. The summed E-state index contributed by atoms with van der Waals surface area (Å²) < 4.78 is 68.5. The number of aromatic nitrogens is 7. The number of hydrogen-bond donors (Lipinski definition) is 1. The van der Waals surface area contributed by atoms with Crippen molar-refractivity contribution in [2.75, 3.05) is 0 Å². The van der Waals surface area contributed by atoms with Gasteiger partial charge in [-0.15, -0.1) is 0 Å². The van der Waals surface area contributed by atoms with Gasteiger partial charge in [0.15, 0.2) is 22.3 Å². The van der Waals surface area contributed by atoms with Crippen LogP contribution >= 0.6 is 11.6 Å². The van der Waals surface area contributed by atoms with E-state index in [2.05, 4.69) is 25.0 Å². The predicted octanol–water partition coefficient (Wildman–Crippen LogP) is 4.07. The molecular formula is C20H11ClF5N7O. The maximum absolute atomic E-state index is 14.2. The Kier molecular flexibility index (Phi) is 5.08. The SMILES string of the molecule is O=c1[nH]c2nc(-c3nn(Cc4ccccc4F)c4ncc(F)cc34)nc(Cl)c2n1CC(F)(F)F. The Morgan fingerprint density at radius 2 is 1.88 bits per heavy atom. The van der Waals surface area contributed by atoms with E-state index in [0.717, 1.165) is 12.3 Å². The molecule has 0 saturated heterocycles. The van der Waals surface area contributed by atoms with E-state index in [0.29, 0.717) is 4.57 Å². The summed E-state index contributed by atoms with van der Waals surface area (Å²) in [6.07, 6.45) is -3.73. The van der Waals surface area contributed by atoms with Crippen molar-refractivity contribution in [3.05, 3.63) is 69.4 Å². The Morgan fingerprint density at radius 3 is 2.62 bits per heavy atom. The maximum atomic E-state index is 14.2. The number of nitrogens with zero attached hydrogens (tertiary/aromatic N) is 6. The molecule has 0 atom stereocenters. The molecule has 0 amide bonds. The molecular weight excluding hydrogens is 485 g/mol. The van der Waals surface area contributed by atoms with Gasteiger partial charge in [0.25, 0.3) is 0 Å². The third kappa shape index (κ3) is 3.87. The van der Waals surface area contributed by atoms with Crippen LogP contribution in [-0.4, -0.2) is 40.5 Å². The molecule has 174 valence electrons.